The molecule has 0 aliphatic carbocycles. The number of carboxylic acid groups (broad SMARTS) is 1. The first kappa shape index (κ1) is 15.0. The maximum absolute atomic E-state index is 11.6. The van der Waals surface area contributed by atoms with Crippen molar-refractivity contribution in [3.05, 3.63) is 0 Å². The Kier molecular flexibility index (Phi) is 6.72. The van der Waals surface area contributed by atoms with Gasteiger partial charge in [-0.1, -0.05) is 0 Å². The van der Waals surface area contributed by atoms with Crippen LogP contribution >= 0.6 is 0 Å². The third-order valence-electron chi connectivity index (χ3n) is 3.15. The van der Waals surface area contributed by atoms with Crippen LogP contribution in [0.15, 0.2) is 0 Å². The lowest BCUT2D eigenvalue weighted by Crippen LogP contribution is -2.33. The number of amides is 1. The molecule has 0 aromatic heterocycles. The van der Waals surface area contributed by atoms with Crippen molar-refractivity contribution in [1.29, 1.82) is 0 Å². The zero-order valence-corrected chi connectivity index (χ0v) is 11.0. The van der Waals surface area contributed by atoms with E-state index >= 15 is 0 Å². The molecular formula is C13H23NO4. The van der Waals surface area contributed by atoms with E-state index in [1.807, 2.05) is 6.92 Å². The molecule has 2 N–H and O–H groups in total. The predicted octanol–water partition coefficient (Wildman–Crippen LogP) is 1.71. The number of rotatable bonds is 8. The van der Waals surface area contributed by atoms with Crippen molar-refractivity contribution < 1.29 is 19.4 Å². The van der Waals surface area contributed by atoms with Crippen molar-refractivity contribution in [2.75, 3.05) is 6.61 Å². The normalized spacial score (nSPS) is 20.6. The molecule has 0 saturated carbocycles. The predicted molar refractivity (Wildman–Crippen MR) is 67.3 cm³/mol. The van der Waals surface area contributed by atoms with Gasteiger partial charge in [-0.15, -0.1) is 0 Å². The highest BCUT2D eigenvalue weighted by atomic mass is 16.5. The number of hydrogen-bond acceptors (Lipinski definition) is 3. The van der Waals surface area contributed by atoms with Gasteiger partial charge >= 0.3 is 5.97 Å². The van der Waals surface area contributed by atoms with E-state index in [-0.39, 0.29) is 24.5 Å². The Morgan fingerprint density at radius 3 is 2.83 bits per heavy atom. The molecule has 1 saturated heterocycles. The molecule has 1 amide bonds. The molecule has 1 aliphatic heterocycles. The van der Waals surface area contributed by atoms with E-state index in [9.17, 15) is 9.59 Å². The number of hydrogen-bond donors (Lipinski definition) is 2. The fourth-order valence-corrected chi connectivity index (χ4v) is 2.14. The Hall–Kier alpha value is -1.10. The van der Waals surface area contributed by atoms with Crippen LogP contribution in [-0.4, -0.2) is 35.7 Å². The second-order valence-electron chi connectivity index (χ2n) is 4.93. The molecule has 1 fully saturated rings. The Balaban J connectivity index is 2.05. The van der Waals surface area contributed by atoms with E-state index in [4.69, 9.17) is 9.84 Å². The number of ether oxygens (including phenoxy) is 1. The Morgan fingerprint density at radius 2 is 2.22 bits per heavy atom. The van der Waals surface area contributed by atoms with Crippen LogP contribution in [0.2, 0.25) is 0 Å². The highest BCUT2D eigenvalue weighted by Crippen LogP contribution is 2.16. The van der Waals surface area contributed by atoms with Crippen LogP contribution in [-0.2, 0) is 14.3 Å². The third-order valence-corrected chi connectivity index (χ3v) is 3.15. The van der Waals surface area contributed by atoms with Gasteiger partial charge in [0.25, 0.3) is 0 Å². The summed E-state index contributed by atoms with van der Waals surface area (Å²) in [6, 6.07) is 0.0429. The van der Waals surface area contributed by atoms with Crippen LogP contribution in [0.4, 0.5) is 0 Å². The lowest BCUT2D eigenvalue weighted by molar-refractivity contribution is -0.137. The molecule has 18 heavy (non-hydrogen) atoms. The number of aliphatic carboxylic acids is 1. The average molecular weight is 257 g/mol. The summed E-state index contributed by atoms with van der Waals surface area (Å²) in [5, 5.41) is 11.4. The quantitative estimate of drug-likeness (QED) is 0.694. The summed E-state index contributed by atoms with van der Waals surface area (Å²) < 4.78 is 5.45. The number of nitrogens with one attached hydrogen (secondary N) is 1. The molecular weight excluding hydrogens is 234 g/mol. The van der Waals surface area contributed by atoms with Crippen molar-refractivity contribution in [3.63, 3.8) is 0 Å². The monoisotopic (exact) mass is 257 g/mol. The topological polar surface area (TPSA) is 75.6 Å². The SMILES string of the molecule is CC(CCCC(=O)O)NC(=O)CCC1CCCO1. The summed E-state index contributed by atoms with van der Waals surface area (Å²) in [6.07, 6.45) is 5.15. The average Bonchev–Trinajstić information content (AvgIpc) is 2.78. The fourth-order valence-electron chi connectivity index (χ4n) is 2.14. The van der Waals surface area contributed by atoms with Gasteiger partial charge in [0.05, 0.1) is 6.10 Å². The molecule has 104 valence electrons. The van der Waals surface area contributed by atoms with Crippen molar-refractivity contribution in [2.24, 2.45) is 0 Å². The van der Waals surface area contributed by atoms with Crippen molar-refractivity contribution >= 4 is 11.9 Å². The van der Waals surface area contributed by atoms with Gasteiger partial charge in [0.1, 0.15) is 0 Å². The van der Waals surface area contributed by atoms with E-state index in [2.05, 4.69) is 5.32 Å². The zero-order chi connectivity index (χ0) is 13.4. The maximum Gasteiger partial charge on any atom is 0.303 e. The highest BCUT2D eigenvalue weighted by molar-refractivity contribution is 5.76. The summed E-state index contributed by atoms with van der Waals surface area (Å²) in [5.41, 5.74) is 0. The molecule has 1 rings (SSSR count). The fraction of sp³-hybridized carbons (Fsp3) is 0.846. The zero-order valence-electron chi connectivity index (χ0n) is 11.0. The summed E-state index contributed by atoms with van der Waals surface area (Å²) in [7, 11) is 0. The van der Waals surface area contributed by atoms with Crippen molar-refractivity contribution in [3.8, 4) is 0 Å². The van der Waals surface area contributed by atoms with Gasteiger partial charge in [0.2, 0.25) is 5.91 Å². The Labute approximate surface area is 108 Å². The molecule has 5 nitrogen and oxygen atoms in total. The van der Waals surface area contributed by atoms with Gasteiger partial charge in [0.15, 0.2) is 0 Å². The minimum Gasteiger partial charge on any atom is -0.481 e. The maximum atomic E-state index is 11.6. The summed E-state index contributed by atoms with van der Waals surface area (Å²) in [6.45, 7) is 2.73. The van der Waals surface area contributed by atoms with Gasteiger partial charge in [-0.3, -0.25) is 9.59 Å². The van der Waals surface area contributed by atoms with Crippen molar-refractivity contribution in [1.82, 2.24) is 5.32 Å². The molecule has 0 radical (unpaired) electrons. The van der Waals surface area contributed by atoms with E-state index in [0.717, 1.165) is 25.9 Å². The third kappa shape index (κ3) is 6.59. The number of carbonyl (C=O) groups excluding carboxylic acids is 1. The van der Waals surface area contributed by atoms with Gasteiger partial charge in [-0.2, -0.15) is 0 Å². The molecule has 1 heterocycles. The van der Waals surface area contributed by atoms with E-state index in [1.54, 1.807) is 0 Å². The number of carbonyl (C=O) groups is 2. The standard InChI is InChI=1S/C13H23NO4/c1-10(4-2-6-13(16)17)14-12(15)8-7-11-5-3-9-18-11/h10-11H,2-9H2,1H3,(H,14,15)(H,16,17). The minimum absolute atomic E-state index is 0.0355. The molecule has 2 unspecified atom stereocenters. The van der Waals surface area contributed by atoms with Gasteiger partial charge < -0.3 is 15.2 Å². The molecule has 0 spiro atoms. The molecule has 0 bridgehead atoms. The summed E-state index contributed by atoms with van der Waals surface area (Å²) in [5.74, 6) is -0.750. The summed E-state index contributed by atoms with van der Waals surface area (Å²) in [4.78, 5) is 22.0. The lowest BCUT2D eigenvalue weighted by atomic mass is 10.1. The Morgan fingerprint density at radius 1 is 1.44 bits per heavy atom. The first-order valence-corrected chi connectivity index (χ1v) is 6.70. The minimum atomic E-state index is -0.785. The Bertz CT molecular complexity index is 274. The van der Waals surface area contributed by atoms with Crippen LogP contribution in [0.25, 0.3) is 0 Å². The molecule has 0 aromatic carbocycles. The number of carboxylic acids is 1. The summed E-state index contributed by atoms with van der Waals surface area (Å²) >= 11 is 0. The second-order valence-corrected chi connectivity index (χ2v) is 4.93. The highest BCUT2D eigenvalue weighted by Gasteiger charge is 2.17. The largest absolute Gasteiger partial charge is 0.481 e. The molecule has 1 aliphatic rings. The molecule has 2 atom stereocenters. The second kappa shape index (κ2) is 8.08. The first-order chi connectivity index (χ1) is 8.58. The molecule has 0 aromatic rings. The van der Waals surface area contributed by atoms with Crippen LogP contribution < -0.4 is 5.32 Å². The van der Waals surface area contributed by atoms with Crippen LogP contribution in [0.1, 0.15) is 51.9 Å². The van der Waals surface area contributed by atoms with E-state index in [0.29, 0.717) is 19.3 Å². The van der Waals surface area contributed by atoms with Crippen LogP contribution in [0, 0.1) is 0 Å². The smallest absolute Gasteiger partial charge is 0.303 e. The van der Waals surface area contributed by atoms with E-state index < -0.39 is 5.97 Å². The first-order valence-electron chi connectivity index (χ1n) is 6.70. The molecule has 5 heteroatoms. The lowest BCUT2D eigenvalue weighted by Gasteiger charge is -2.14. The van der Waals surface area contributed by atoms with Gasteiger partial charge in [0, 0.05) is 25.5 Å². The van der Waals surface area contributed by atoms with Crippen LogP contribution in [0.5, 0.6) is 0 Å². The van der Waals surface area contributed by atoms with Crippen molar-refractivity contribution in [2.45, 2.75) is 64.0 Å². The van der Waals surface area contributed by atoms with E-state index in [1.165, 1.54) is 0 Å². The van der Waals surface area contributed by atoms with Crippen LogP contribution in [0.3, 0.4) is 0 Å². The van der Waals surface area contributed by atoms with Gasteiger partial charge in [-0.25, -0.2) is 0 Å². The van der Waals surface area contributed by atoms with Gasteiger partial charge in [-0.05, 0) is 39.0 Å².